The molecule has 2 aromatic rings. The van der Waals surface area contributed by atoms with Gasteiger partial charge in [0.05, 0.1) is 19.8 Å². The van der Waals surface area contributed by atoms with E-state index in [9.17, 15) is 0 Å². The second kappa shape index (κ2) is 9.96. The topological polar surface area (TPSA) is 81.8 Å². The molecular formula is C17H23IN4O2. The van der Waals surface area contributed by atoms with Gasteiger partial charge in [-0.05, 0) is 44.2 Å². The number of anilines is 1. The lowest BCUT2D eigenvalue weighted by molar-refractivity contribution is 0.242. The van der Waals surface area contributed by atoms with Crippen molar-refractivity contribution in [2.45, 2.75) is 26.5 Å². The third-order valence-corrected chi connectivity index (χ3v) is 2.96. The van der Waals surface area contributed by atoms with Crippen LogP contribution in [0, 0.1) is 0 Å². The summed E-state index contributed by atoms with van der Waals surface area (Å²) in [6, 6.07) is 11.3. The number of halogens is 1. The van der Waals surface area contributed by atoms with E-state index < -0.39 is 0 Å². The summed E-state index contributed by atoms with van der Waals surface area (Å²) in [5.74, 6) is 1.70. The SMILES string of the molecule is COc1ncccc1CN=C(N)Nc1ccc(OC(C)C)cc1.I. The largest absolute Gasteiger partial charge is 0.491 e. The van der Waals surface area contributed by atoms with E-state index in [0.717, 1.165) is 17.0 Å². The Bertz CT molecular complexity index is 660. The number of rotatable bonds is 6. The molecule has 24 heavy (non-hydrogen) atoms. The van der Waals surface area contributed by atoms with E-state index in [1.807, 2.05) is 50.2 Å². The van der Waals surface area contributed by atoms with Gasteiger partial charge in [-0.3, -0.25) is 0 Å². The van der Waals surface area contributed by atoms with Gasteiger partial charge in [0.2, 0.25) is 5.88 Å². The Hall–Kier alpha value is -2.03. The second-order valence-corrected chi connectivity index (χ2v) is 5.19. The molecule has 0 fully saturated rings. The molecule has 1 aromatic heterocycles. The van der Waals surface area contributed by atoms with Crippen LogP contribution in [0.5, 0.6) is 11.6 Å². The molecular weight excluding hydrogens is 419 g/mol. The highest BCUT2D eigenvalue weighted by atomic mass is 127. The molecule has 2 rings (SSSR count). The van der Waals surface area contributed by atoms with E-state index in [1.54, 1.807) is 13.3 Å². The summed E-state index contributed by atoms with van der Waals surface area (Å²) >= 11 is 0. The average molecular weight is 442 g/mol. The maximum absolute atomic E-state index is 5.91. The molecule has 0 radical (unpaired) electrons. The number of pyridine rings is 1. The van der Waals surface area contributed by atoms with Gasteiger partial charge < -0.3 is 20.5 Å². The number of methoxy groups -OCH3 is 1. The lowest BCUT2D eigenvalue weighted by atomic mass is 10.3. The molecule has 0 atom stereocenters. The summed E-state index contributed by atoms with van der Waals surface area (Å²) in [4.78, 5) is 8.43. The van der Waals surface area contributed by atoms with Crippen molar-refractivity contribution in [3.8, 4) is 11.6 Å². The minimum atomic E-state index is 0. The summed E-state index contributed by atoms with van der Waals surface area (Å²) in [5.41, 5.74) is 7.63. The van der Waals surface area contributed by atoms with Crippen molar-refractivity contribution < 1.29 is 9.47 Å². The fraction of sp³-hybridized carbons (Fsp3) is 0.294. The van der Waals surface area contributed by atoms with Crippen LogP contribution < -0.4 is 20.5 Å². The highest BCUT2D eigenvalue weighted by Gasteiger charge is 2.03. The number of guanidine groups is 1. The third kappa shape index (κ3) is 6.23. The molecule has 0 amide bonds. The number of ether oxygens (including phenoxy) is 2. The van der Waals surface area contributed by atoms with Crippen LogP contribution in [0.4, 0.5) is 5.69 Å². The minimum Gasteiger partial charge on any atom is -0.491 e. The first kappa shape index (κ1) is 20.0. The molecule has 0 aliphatic rings. The summed E-state index contributed by atoms with van der Waals surface area (Å²) in [6.07, 6.45) is 1.82. The van der Waals surface area contributed by atoms with Crippen LogP contribution >= 0.6 is 24.0 Å². The third-order valence-electron chi connectivity index (χ3n) is 2.96. The molecule has 0 unspecified atom stereocenters. The predicted octanol–water partition coefficient (Wildman–Crippen LogP) is 3.42. The van der Waals surface area contributed by atoms with E-state index in [0.29, 0.717) is 18.4 Å². The van der Waals surface area contributed by atoms with Crippen molar-refractivity contribution in [1.29, 1.82) is 0 Å². The maximum Gasteiger partial charge on any atom is 0.218 e. The standard InChI is InChI=1S/C17H22N4O2.HI/c1-12(2)23-15-8-6-14(7-9-15)21-17(18)20-11-13-5-4-10-19-16(13)22-3;/h4-10,12H,11H2,1-3H3,(H3,18,20,21);1H. The zero-order valence-corrected chi connectivity index (χ0v) is 16.4. The highest BCUT2D eigenvalue weighted by Crippen LogP contribution is 2.17. The summed E-state index contributed by atoms with van der Waals surface area (Å²) in [7, 11) is 1.58. The first-order chi connectivity index (χ1) is 11.1. The van der Waals surface area contributed by atoms with E-state index >= 15 is 0 Å². The molecule has 130 valence electrons. The Morgan fingerprint density at radius 3 is 2.58 bits per heavy atom. The number of nitrogens with zero attached hydrogens (tertiary/aromatic N) is 2. The fourth-order valence-electron chi connectivity index (χ4n) is 1.98. The Balaban J connectivity index is 0.00000288. The van der Waals surface area contributed by atoms with E-state index in [4.69, 9.17) is 15.2 Å². The van der Waals surface area contributed by atoms with Gasteiger partial charge in [0.15, 0.2) is 5.96 Å². The van der Waals surface area contributed by atoms with Gasteiger partial charge in [0.1, 0.15) is 5.75 Å². The van der Waals surface area contributed by atoms with Crippen LogP contribution in [0.1, 0.15) is 19.4 Å². The quantitative estimate of drug-likeness (QED) is 0.407. The molecule has 7 heteroatoms. The zero-order chi connectivity index (χ0) is 16.7. The highest BCUT2D eigenvalue weighted by molar-refractivity contribution is 14.0. The van der Waals surface area contributed by atoms with Gasteiger partial charge in [-0.25, -0.2) is 9.98 Å². The van der Waals surface area contributed by atoms with Gasteiger partial charge in [0.25, 0.3) is 0 Å². The number of hydrogen-bond donors (Lipinski definition) is 2. The fourth-order valence-corrected chi connectivity index (χ4v) is 1.98. The second-order valence-electron chi connectivity index (χ2n) is 5.19. The van der Waals surface area contributed by atoms with E-state index in [-0.39, 0.29) is 30.1 Å². The van der Waals surface area contributed by atoms with Crippen molar-refractivity contribution >= 4 is 35.6 Å². The molecule has 0 bridgehead atoms. The van der Waals surface area contributed by atoms with Crippen molar-refractivity contribution in [2.75, 3.05) is 12.4 Å². The smallest absolute Gasteiger partial charge is 0.218 e. The Morgan fingerprint density at radius 2 is 1.96 bits per heavy atom. The molecule has 0 saturated carbocycles. The lowest BCUT2D eigenvalue weighted by Gasteiger charge is -2.11. The number of nitrogens with two attached hydrogens (primary N) is 1. The first-order valence-corrected chi connectivity index (χ1v) is 7.40. The molecule has 1 heterocycles. The van der Waals surface area contributed by atoms with Gasteiger partial charge in [0, 0.05) is 17.4 Å². The molecule has 3 N–H and O–H groups in total. The Morgan fingerprint density at radius 1 is 1.25 bits per heavy atom. The maximum atomic E-state index is 5.91. The predicted molar refractivity (Wildman–Crippen MR) is 107 cm³/mol. The summed E-state index contributed by atoms with van der Waals surface area (Å²) < 4.78 is 10.8. The number of hydrogen-bond acceptors (Lipinski definition) is 4. The van der Waals surface area contributed by atoms with Crippen LogP contribution in [-0.2, 0) is 6.54 Å². The molecule has 1 aromatic carbocycles. The molecule has 0 spiro atoms. The van der Waals surface area contributed by atoms with Crippen LogP contribution in [0.25, 0.3) is 0 Å². The van der Waals surface area contributed by atoms with Crippen molar-refractivity contribution in [1.82, 2.24) is 4.98 Å². The Kier molecular flexibility index (Phi) is 8.31. The number of nitrogens with one attached hydrogen (secondary N) is 1. The van der Waals surface area contributed by atoms with Crippen LogP contribution in [0.15, 0.2) is 47.6 Å². The number of aliphatic imine (C=N–C) groups is 1. The molecule has 0 aliphatic carbocycles. The van der Waals surface area contributed by atoms with E-state index in [2.05, 4.69) is 15.3 Å². The van der Waals surface area contributed by atoms with Gasteiger partial charge >= 0.3 is 0 Å². The van der Waals surface area contributed by atoms with E-state index in [1.165, 1.54) is 0 Å². The van der Waals surface area contributed by atoms with Crippen molar-refractivity contribution in [3.63, 3.8) is 0 Å². The monoisotopic (exact) mass is 442 g/mol. The average Bonchev–Trinajstić information content (AvgIpc) is 2.54. The van der Waals surface area contributed by atoms with Gasteiger partial charge in [-0.15, -0.1) is 24.0 Å². The zero-order valence-electron chi connectivity index (χ0n) is 14.0. The van der Waals surface area contributed by atoms with Crippen LogP contribution in [0.3, 0.4) is 0 Å². The molecule has 0 aliphatic heterocycles. The van der Waals surface area contributed by atoms with Crippen LogP contribution in [-0.4, -0.2) is 24.2 Å². The Labute approximate surface area is 159 Å². The minimum absolute atomic E-state index is 0. The van der Waals surface area contributed by atoms with Crippen LogP contribution in [0.2, 0.25) is 0 Å². The van der Waals surface area contributed by atoms with Crippen molar-refractivity contribution in [2.24, 2.45) is 10.7 Å². The summed E-state index contributed by atoms with van der Waals surface area (Å²) in [6.45, 7) is 4.37. The normalized spacial score (nSPS) is 10.9. The summed E-state index contributed by atoms with van der Waals surface area (Å²) in [5, 5.41) is 3.04. The van der Waals surface area contributed by atoms with Crippen molar-refractivity contribution in [3.05, 3.63) is 48.2 Å². The number of benzene rings is 1. The lowest BCUT2D eigenvalue weighted by Crippen LogP contribution is -2.22. The van der Waals surface area contributed by atoms with Gasteiger partial charge in [-0.2, -0.15) is 0 Å². The molecule has 0 saturated heterocycles. The molecule has 6 nitrogen and oxygen atoms in total. The number of aromatic nitrogens is 1. The van der Waals surface area contributed by atoms with Gasteiger partial charge in [-0.1, -0.05) is 6.07 Å². The first-order valence-electron chi connectivity index (χ1n) is 7.40.